The third-order valence-corrected chi connectivity index (χ3v) is 3.26. The fourth-order valence-corrected chi connectivity index (χ4v) is 2.11. The standard InChI is InChI=1S/C14H21NO2/c1-10-3-4-12(7-11(10)2)8-13(15)9-14-16-5-6-17-14/h3-4,7,13-14H,5-6,8-9,15H2,1-2H3. The molecule has 1 atom stereocenters. The Morgan fingerprint density at radius 1 is 1.24 bits per heavy atom. The molecule has 2 N–H and O–H groups in total. The summed E-state index contributed by atoms with van der Waals surface area (Å²) in [6, 6.07) is 6.62. The molecule has 0 amide bonds. The molecule has 1 aromatic rings. The molecule has 0 spiro atoms. The lowest BCUT2D eigenvalue weighted by Crippen LogP contribution is -2.28. The molecule has 3 nitrogen and oxygen atoms in total. The molecule has 1 aliphatic rings. The molecule has 1 heterocycles. The number of aryl methyl sites for hydroxylation is 2. The van der Waals surface area contributed by atoms with Gasteiger partial charge in [0, 0.05) is 12.5 Å². The highest BCUT2D eigenvalue weighted by Gasteiger charge is 2.19. The number of nitrogens with two attached hydrogens (primary N) is 1. The van der Waals surface area contributed by atoms with Crippen LogP contribution in [0, 0.1) is 13.8 Å². The van der Waals surface area contributed by atoms with E-state index < -0.39 is 0 Å². The summed E-state index contributed by atoms with van der Waals surface area (Å²) in [6.07, 6.45) is 1.55. The largest absolute Gasteiger partial charge is 0.350 e. The fourth-order valence-electron chi connectivity index (χ4n) is 2.11. The molecular weight excluding hydrogens is 214 g/mol. The van der Waals surface area contributed by atoms with Crippen LogP contribution in [0.3, 0.4) is 0 Å². The molecule has 1 saturated heterocycles. The summed E-state index contributed by atoms with van der Waals surface area (Å²) in [7, 11) is 0. The maximum Gasteiger partial charge on any atom is 0.159 e. The summed E-state index contributed by atoms with van der Waals surface area (Å²) in [4.78, 5) is 0. The van der Waals surface area contributed by atoms with Gasteiger partial charge in [-0.25, -0.2) is 0 Å². The number of hydrogen-bond donors (Lipinski definition) is 1. The molecule has 1 aromatic carbocycles. The van der Waals surface area contributed by atoms with E-state index >= 15 is 0 Å². The molecule has 3 heteroatoms. The molecule has 17 heavy (non-hydrogen) atoms. The molecule has 0 bridgehead atoms. The van der Waals surface area contributed by atoms with E-state index in [1.54, 1.807) is 0 Å². The van der Waals surface area contributed by atoms with Crippen molar-refractivity contribution in [2.45, 2.75) is 39.0 Å². The Bertz CT molecular complexity index is 372. The Balaban J connectivity index is 1.88. The first kappa shape index (κ1) is 12.6. The topological polar surface area (TPSA) is 44.5 Å². The highest BCUT2D eigenvalue weighted by Crippen LogP contribution is 2.15. The number of rotatable bonds is 4. The Morgan fingerprint density at radius 3 is 2.59 bits per heavy atom. The van der Waals surface area contributed by atoms with Crippen LogP contribution in [0.5, 0.6) is 0 Å². The lowest BCUT2D eigenvalue weighted by molar-refractivity contribution is -0.0504. The van der Waals surface area contributed by atoms with E-state index in [1.165, 1.54) is 16.7 Å². The van der Waals surface area contributed by atoms with Crippen LogP contribution in [0.15, 0.2) is 18.2 Å². The maximum atomic E-state index is 6.11. The summed E-state index contributed by atoms with van der Waals surface area (Å²) in [6.45, 7) is 5.65. The Morgan fingerprint density at radius 2 is 1.94 bits per heavy atom. The zero-order valence-corrected chi connectivity index (χ0v) is 10.6. The minimum Gasteiger partial charge on any atom is -0.350 e. The highest BCUT2D eigenvalue weighted by molar-refractivity contribution is 5.30. The summed E-state index contributed by atoms with van der Waals surface area (Å²) in [5.74, 6) is 0. The average Bonchev–Trinajstić information content (AvgIpc) is 2.76. The van der Waals surface area contributed by atoms with Crippen LogP contribution < -0.4 is 5.73 Å². The Hall–Kier alpha value is -0.900. The zero-order chi connectivity index (χ0) is 12.3. The fraction of sp³-hybridized carbons (Fsp3) is 0.571. The van der Waals surface area contributed by atoms with E-state index in [1.807, 2.05) is 0 Å². The van der Waals surface area contributed by atoms with Gasteiger partial charge in [-0.15, -0.1) is 0 Å². The van der Waals surface area contributed by atoms with Crippen LogP contribution in [0.25, 0.3) is 0 Å². The van der Waals surface area contributed by atoms with Crippen molar-refractivity contribution in [1.82, 2.24) is 0 Å². The first-order chi connectivity index (χ1) is 8.15. The maximum absolute atomic E-state index is 6.11. The second-order valence-corrected chi connectivity index (χ2v) is 4.79. The minimum absolute atomic E-state index is 0.0974. The van der Waals surface area contributed by atoms with Crippen molar-refractivity contribution in [3.63, 3.8) is 0 Å². The van der Waals surface area contributed by atoms with Crippen LogP contribution in [0.2, 0.25) is 0 Å². The average molecular weight is 235 g/mol. The molecule has 1 aliphatic heterocycles. The first-order valence-corrected chi connectivity index (χ1v) is 6.20. The van der Waals surface area contributed by atoms with Crippen molar-refractivity contribution in [3.8, 4) is 0 Å². The molecular formula is C14H21NO2. The summed E-state index contributed by atoms with van der Waals surface area (Å²) >= 11 is 0. The van der Waals surface area contributed by atoms with Gasteiger partial charge in [0.05, 0.1) is 13.2 Å². The van der Waals surface area contributed by atoms with E-state index in [0.29, 0.717) is 13.2 Å². The Labute approximate surface area is 103 Å². The zero-order valence-electron chi connectivity index (χ0n) is 10.6. The third kappa shape index (κ3) is 3.53. The quantitative estimate of drug-likeness (QED) is 0.867. The van der Waals surface area contributed by atoms with Gasteiger partial charge in [-0.2, -0.15) is 0 Å². The SMILES string of the molecule is Cc1ccc(CC(N)CC2OCCO2)cc1C. The number of benzene rings is 1. The first-order valence-electron chi connectivity index (χ1n) is 6.20. The van der Waals surface area contributed by atoms with Crippen molar-refractivity contribution in [1.29, 1.82) is 0 Å². The van der Waals surface area contributed by atoms with Gasteiger partial charge < -0.3 is 15.2 Å². The van der Waals surface area contributed by atoms with E-state index in [-0.39, 0.29) is 12.3 Å². The molecule has 2 rings (SSSR count). The molecule has 0 aliphatic carbocycles. The van der Waals surface area contributed by atoms with Crippen molar-refractivity contribution >= 4 is 0 Å². The van der Waals surface area contributed by atoms with Crippen LogP contribution in [-0.4, -0.2) is 25.5 Å². The van der Waals surface area contributed by atoms with Gasteiger partial charge in [0.25, 0.3) is 0 Å². The van der Waals surface area contributed by atoms with Gasteiger partial charge in [-0.3, -0.25) is 0 Å². The van der Waals surface area contributed by atoms with Crippen LogP contribution in [0.4, 0.5) is 0 Å². The van der Waals surface area contributed by atoms with Crippen molar-refractivity contribution in [3.05, 3.63) is 34.9 Å². The lowest BCUT2D eigenvalue weighted by Gasteiger charge is -2.16. The molecule has 0 aromatic heterocycles. The van der Waals surface area contributed by atoms with Gasteiger partial charge in [-0.05, 0) is 37.0 Å². The van der Waals surface area contributed by atoms with Gasteiger partial charge in [0.15, 0.2) is 6.29 Å². The van der Waals surface area contributed by atoms with Crippen LogP contribution in [0.1, 0.15) is 23.1 Å². The van der Waals surface area contributed by atoms with E-state index in [0.717, 1.165) is 12.8 Å². The normalized spacial score (nSPS) is 18.5. The van der Waals surface area contributed by atoms with Crippen LogP contribution >= 0.6 is 0 Å². The molecule has 1 fully saturated rings. The number of hydrogen-bond acceptors (Lipinski definition) is 3. The smallest absolute Gasteiger partial charge is 0.159 e. The third-order valence-electron chi connectivity index (χ3n) is 3.26. The highest BCUT2D eigenvalue weighted by atomic mass is 16.7. The number of ether oxygens (including phenoxy) is 2. The van der Waals surface area contributed by atoms with Crippen molar-refractivity contribution < 1.29 is 9.47 Å². The Kier molecular flexibility index (Phi) is 4.15. The second kappa shape index (κ2) is 5.63. The summed E-state index contributed by atoms with van der Waals surface area (Å²) in [5.41, 5.74) is 10.1. The predicted molar refractivity (Wildman–Crippen MR) is 67.9 cm³/mol. The predicted octanol–water partition coefficient (Wildman–Crippen LogP) is 1.94. The van der Waals surface area contributed by atoms with E-state index in [2.05, 4.69) is 32.0 Å². The van der Waals surface area contributed by atoms with Crippen molar-refractivity contribution in [2.75, 3.05) is 13.2 Å². The van der Waals surface area contributed by atoms with Gasteiger partial charge >= 0.3 is 0 Å². The van der Waals surface area contributed by atoms with Gasteiger partial charge in [0.2, 0.25) is 0 Å². The molecule has 1 unspecified atom stereocenters. The minimum atomic E-state index is -0.100. The van der Waals surface area contributed by atoms with Crippen LogP contribution in [-0.2, 0) is 15.9 Å². The van der Waals surface area contributed by atoms with E-state index in [9.17, 15) is 0 Å². The molecule has 94 valence electrons. The van der Waals surface area contributed by atoms with Gasteiger partial charge in [0.1, 0.15) is 0 Å². The molecule has 0 saturated carbocycles. The van der Waals surface area contributed by atoms with E-state index in [4.69, 9.17) is 15.2 Å². The summed E-state index contributed by atoms with van der Waals surface area (Å²) < 4.78 is 10.8. The lowest BCUT2D eigenvalue weighted by atomic mass is 10.00. The molecule has 0 radical (unpaired) electrons. The van der Waals surface area contributed by atoms with Gasteiger partial charge in [-0.1, -0.05) is 18.2 Å². The van der Waals surface area contributed by atoms with Crippen molar-refractivity contribution in [2.24, 2.45) is 5.73 Å². The summed E-state index contributed by atoms with van der Waals surface area (Å²) in [5, 5.41) is 0. The second-order valence-electron chi connectivity index (χ2n) is 4.79. The monoisotopic (exact) mass is 235 g/mol.